The van der Waals surface area contributed by atoms with Crippen LogP contribution in [0.4, 0.5) is 0 Å². The SMILES string of the molecule is COCc1ccccc1CNC(=O)c1ccc(S(=O)(=O)NCc2cccs2)cc1. The molecule has 6 nitrogen and oxygen atoms in total. The van der Waals surface area contributed by atoms with Gasteiger partial charge >= 0.3 is 0 Å². The number of benzene rings is 2. The number of ether oxygens (including phenoxy) is 1. The Bertz CT molecular complexity index is 1050. The van der Waals surface area contributed by atoms with E-state index >= 15 is 0 Å². The van der Waals surface area contributed by atoms with Crippen molar-refractivity contribution in [1.82, 2.24) is 10.0 Å². The standard InChI is InChI=1S/C21H22N2O4S2/c1-27-15-18-6-3-2-5-17(18)13-22-21(24)16-8-10-20(11-9-16)29(25,26)23-14-19-7-4-12-28-19/h2-12,23H,13-15H2,1H3,(H,22,24). The van der Waals surface area contributed by atoms with Crippen LogP contribution in [0.25, 0.3) is 0 Å². The Morgan fingerprint density at radius 3 is 2.34 bits per heavy atom. The number of methoxy groups -OCH3 is 1. The highest BCUT2D eigenvalue weighted by molar-refractivity contribution is 7.89. The Morgan fingerprint density at radius 1 is 0.966 bits per heavy atom. The summed E-state index contributed by atoms with van der Waals surface area (Å²) in [5.74, 6) is -0.271. The molecule has 0 bridgehead atoms. The van der Waals surface area contributed by atoms with Crippen molar-refractivity contribution in [1.29, 1.82) is 0 Å². The Morgan fingerprint density at radius 2 is 1.69 bits per heavy atom. The minimum atomic E-state index is -3.63. The molecule has 0 fully saturated rings. The quantitative estimate of drug-likeness (QED) is 0.546. The zero-order chi connectivity index (χ0) is 20.7. The van der Waals surface area contributed by atoms with E-state index in [9.17, 15) is 13.2 Å². The molecule has 0 saturated heterocycles. The highest BCUT2D eigenvalue weighted by Crippen LogP contribution is 2.14. The van der Waals surface area contributed by atoms with Gasteiger partial charge in [0, 0.05) is 30.6 Å². The Hall–Kier alpha value is -2.52. The second-order valence-corrected chi connectivity index (χ2v) is 9.11. The number of nitrogens with one attached hydrogen (secondary N) is 2. The molecule has 0 aliphatic heterocycles. The molecule has 0 saturated carbocycles. The molecule has 1 aromatic heterocycles. The van der Waals surface area contributed by atoms with Crippen LogP contribution in [-0.4, -0.2) is 21.4 Å². The van der Waals surface area contributed by atoms with Gasteiger partial charge in [-0.05, 0) is 46.8 Å². The van der Waals surface area contributed by atoms with Gasteiger partial charge in [0.2, 0.25) is 10.0 Å². The summed E-state index contributed by atoms with van der Waals surface area (Å²) in [7, 11) is -2.01. The summed E-state index contributed by atoms with van der Waals surface area (Å²) < 4.78 is 32.5. The number of thiophene rings is 1. The molecule has 0 aliphatic rings. The fourth-order valence-electron chi connectivity index (χ4n) is 2.75. The van der Waals surface area contributed by atoms with Crippen molar-refractivity contribution in [2.24, 2.45) is 0 Å². The molecule has 0 spiro atoms. The maximum absolute atomic E-state index is 12.4. The smallest absolute Gasteiger partial charge is 0.251 e. The van der Waals surface area contributed by atoms with Gasteiger partial charge in [-0.25, -0.2) is 13.1 Å². The van der Waals surface area contributed by atoms with E-state index in [4.69, 9.17) is 4.74 Å². The van der Waals surface area contributed by atoms with Crippen LogP contribution in [0.5, 0.6) is 0 Å². The molecule has 2 aromatic carbocycles. The predicted molar refractivity (Wildman–Crippen MR) is 113 cm³/mol. The van der Waals surface area contributed by atoms with E-state index in [-0.39, 0.29) is 17.3 Å². The van der Waals surface area contributed by atoms with Gasteiger partial charge in [0.05, 0.1) is 11.5 Å². The normalized spacial score (nSPS) is 11.3. The molecule has 0 atom stereocenters. The monoisotopic (exact) mass is 430 g/mol. The lowest BCUT2D eigenvalue weighted by Gasteiger charge is -2.11. The molecule has 0 aliphatic carbocycles. The average molecular weight is 431 g/mol. The lowest BCUT2D eigenvalue weighted by atomic mass is 10.1. The van der Waals surface area contributed by atoms with Crippen molar-refractivity contribution < 1.29 is 17.9 Å². The first-order chi connectivity index (χ1) is 14.0. The van der Waals surface area contributed by atoms with Crippen molar-refractivity contribution >= 4 is 27.3 Å². The predicted octanol–water partition coefficient (Wildman–Crippen LogP) is 3.30. The summed E-state index contributed by atoms with van der Waals surface area (Å²) in [6.45, 7) is 1.07. The minimum Gasteiger partial charge on any atom is -0.380 e. The van der Waals surface area contributed by atoms with E-state index in [1.807, 2.05) is 41.8 Å². The Labute approximate surface area is 174 Å². The molecular weight excluding hydrogens is 408 g/mol. The van der Waals surface area contributed by atoms with E-state index in [0.717, 1.165) is 16.0 Å². The van der Waals surface area contributed by atoms with E-state index in [0.29, 0.717) is 18.7 Å². The molecule has 152 valence electrons. The van der Waals surface area contributed by atoms with Crippen molar-refractivity contribution in [3.63, 3.8) is 0 Å². The van der Waals surface area contributed by atoms with Crippen LogP contribution in [0.1, 0.15) is 26.4 Å². The highest BCUT2D eigenvalue weighted by atomic mass is 32.2. The molecule has 2 N–H and O–H groups in total. The number of hydrogen-bond donors (Lipinski definition) is 2. The van der Waals surface area contributed by atoms with Crippen LogP contribution >= 0.6 is 11.3 Å². The summed E-state index contributed by atoms with van der Waals surface area (Å²) in [6, 6.07) is 17.3. The van der Waals surface area contributed by atoms with Gasteiger partial charge in [-0.3, -0.25) is 4.79 Å². The van der Waals surface area contributed by atoms with Crippen LogP contribution in [0.2, 0.25) is 0 Å². The number of amides is 1. The van der Waals surface area contributed by atoms with Crippen molar-refractivity contribution in [3.05, 3.63) is 87.6 Å². The summed E-state index contributed by atoms with van der Waals surface area (Å²) in [6.07, 6.45) is 0. The molecule has 3 aromatic rings. The summed E-state index contributed by atoms with van der Waals surface area (Å²) in [5, 5.41) is 4.75. The van der Waals surface area contributed by atoms with Crippen LogP contribution in [0.3, 0.4) is 0 Å². The van der Waals surface area contributed by atoms with Gasteiger partial charge in [-0.2, -0.15) is 0 Å². The van der Waals surface area contributed by atoms with E-state index in [1.54, 1.807) is 7.11 Å². The first-order valence-electron chi connectivity index (χ1n) is 8.95. The van der Waals surface area contributed by atoms with Crippen molar-refractivity contribution in [3.8, 4) is 0 Å². The van der Waals surface area contributed by atoms with Crippen molar-refractivity contribution in [2.45, 2.75) is 24.6 Å². The molecule has 8 heteroatoms. The van der Waals surface area contributed by atoms with Gasteiger partial charge in [0.1, 0.15) is 0 Å². The van der Waals surface area contributed by atoms with Crippen LogP contribution in [0, 0.1) is 0 Å². The van der Waals surface area contributed by atoms with Crippen molar-refractivity contribution in [2.75, 3.05) is 7.11 Å². The van der Waals surface area contributed by atoms with E-state index < -0.39 is 10.0 Å². The third kappa shape index (κ3) is 5.74. The van der Waals surface area contributed by atoms with E-state index in [2.05, 4.69) is 10.0 Å². The largest absolute Gasteiger partial charge is 0.380 e. The molecule has 1 heterocycles. The molecule has 1 amide bonds. The van der Waals surface area contributed by atoms with Gasteiger partial charge < -0.3 is 10.1 Å². The number of hydrogen-bond acceptors (Lipinski definition) is 5. The minimum absolute atomic E-state index is 0.121. The fraction of sp³-hybridized carbons (Fsp3) is 0.190. The van der Waals surface area contributed by atoms with Crippen LogP contribution in [-0.2, 0) is 34.5 Å². The lowest BCUT2D eigenvalue weighted by Crippen LogP contribution is -2.24. The first kappa shape index (κ1) is 21.2. The van der Waals surface area contributed by atoms with Gasteiger partial charge in [-0.15, -0.1) is 11.3 Å². The first-order valence-corrected chi connectivity index (χ1v) is 11.3. The fourth-order valence-corrected chi connectivity index (χ4v) is 4.49. The average Bonchev–Trinajstić information content (AvgIpc) is 3.26. The Balaban J connectivity index is 1.61. The van der Waals surface area contributed by atoms with E-state index in [1.165, 1.54) is 35.6 Å². The zero-order valence-electron chi connectivity index (χ0n) is 15.9. The summed E-state index contributed by atoms with van der Waals surface area (Å²) >= 11 is 1.48. The third-order valence-electron chi connectivity index (χ3n) is 4.30. The Kier molecular flexibility index (Phi) is 7.16. The number of sulfonamides is 1. The second-order valence-electron chi connectivity index (χ2n) is 6.31. The highest BCUT2D eigenvalue weighted by Gasteiger charge is 2.15. The second kappa shape index (κ2) is 9.80. The number of rotatable bonds is 9. The molecule has 0 unspecified atom stereocenters. The summed E-state index contributed by atoms with van der Waals surface area (Å²) in [5.41, 5.74) is 2.37. The summed E-state index contributed by atoms with van der Waals surface area (Å²) in [4.78, 5) is 13.5. The van der Waals surface area contributed by atoms with Gasteiger partial charge in [-0.1, -0.05) is 30.3 Å². The maximum atomic E-state index is 12.4. The molecule has 29 heavy (non-hydrogen) atoms. The molecule has 3 rings (SSSR count). The van der Waals surface area contributed by atoms with Gasteiger partial charge in [0.25, 0.3) is 5.91 Å². The number of carbonyl (C=O) groups excluding carboxylic acids is 1. The third-order valence-corrected chi connectivity index (χ3v) is 6.59. The molecule has 0 radical (unpaired) electrons. The zero-order valence-corrected chi connectivity index (χ0v) is 17.6. The van der Waals surface area contributed by atoms with Crippen LogP contribution < -0.4 is 10.0 Å². The van der Waals surface area contributed by atoms with Crippen LogP contribution in [0.15, 0.2) is 70.9 Å². The molecular formula is C21H22N2O4S2. The van der Waals surface area contributed by atoms with Gasteiger partial charge in [0.15, 0.2) is 0 Å². The lowest BCUT2D eigenvalue weighted by molar-refractivity contribution is 0.0950. The topological polar surface area (TPSA) is 84.5 Å². The maximum Gasteiger partial charge on any atom is 0.251 e. The number of carbonyl (C=O) groups is 1.